The molecule has 6 nitrogen and oxygen atoms in total. The Morgan fingerprint density at radius 3 is 2.83 bits per heavy atom. The molecule has 2 saturated heterocycles. The summed E-state index contributed by atoms with van der Waals surface area (Å²) in [6.07, 6.45) is 1.35. The third kappa shape index (κ3) is 3.71. The van der Waals surface area contributed by atoms with Gasteiger partial charge < -0.3 is 10.2 Å². The van der Waals surface area contributed by atoms with Gasteiger partial charge in [-0.05, 0) is 31.2 Å². The summed E-state index contributed by atoms with van der Waals surface area (Å²) in [5, 5.41) is 5.04. The average molecular weight is 380 g/mol. The Hall–Kier alpha value is -0.670. The molecule has 2 aliphatic rings. The van der Waals surface area contributed by atoms with Crippen LogP contribution in [0.1, 0.15) is 19.8 Å². The molecule has 130 valence electrons. The maximum Gasteiger partial charge on any atom is 0.253 e. The molecule has 9 heteroatoms. The highest BCUT2D eigenvalue weighted by atomic mass is 35.5. The minimum atomic E-state index is -3.55. The van der Waals surface area contributed by atoms with E-state index in [0.29, 0.717) is 30.3 Å². The first-order valence-electron chi connectivity index (χ1n) is 7.57. The molecule has 3 rings (SSSR count). The number of thiophene rings is 1. The van der Waals surface area contributed by atoms with Gasteiger partial charge in [0.15, 0.2) is 0 Å². The van der Waals surface area contributed by atoms with Crippen LogP contribution in [0.15, 0.2) is 21.7 Å². The highest BCUT2D eigenvalue weighted by Crippen LogP contribution is 2.29. The first-order chi connectivity index (χ1) is 10.5. The van der Waals surface area contributed by atoms with E-state index in [1.165, 1.54) is 15.6 Å². The molecule has 1 amide bonds. The van der Waals surface area contributed by atoms with Gasteiger partial charge in [-0.1, -0.05) is 6.07 Å². The molecule has 2 unspecified atom stereocenters. The van der Waals surface area contributed by atoms with E-state index in [1.54, 1.807) is 22.4 Å². The maximum atomic E-state index is 12.8. The summed E-state index contributed by atoms with van der Waals surface area (Å²) >= 11 is 1.20. The normalized spacial score (nSPS) is 26.0. The van der Waals surface area contributed by atoms with E-state index >= 15 is 0 Å². The Morgan fingerprint density at radius 2 is 2.17 bits per heavy atom. The zero-order valence-corrected chi connectivity index (χ0v) is 15.4. The topological polar surface area (TPSA) is 69.7 Å². The molecule has 2 aliphatic heterocycles. The Balaban J connectivity index is 0.00000192. The van der Waals surface area contributed by atoms with Gasteiger partial charge >= 0.3 is 0 Å². The number of amides is 1. The van der Waals surface area contributed by atoms with Gasteiger partial charge in [-0.15, -0.1) is 23.7 Å². The molecule has 0 radical (unpaired) electrons. The van der Waals surface area contributed by atoms with Crippen molar-refractivity contribution in [1.29, 1.82) is 0 Å². The van der Waals surface area contributed by atoms with Gasteiger partial charge in [-0.2, -0.15) is 4.31 Å². The molecule has 0 aromatic carbocycles. The first kappa shape index (κ1) is 18.7. The molecule has 0 bridgehead atoms. The van der Waals surface area contributed by atoms with E-state index < -0.39 is 16.1 Å². The Bertz CT molecular complexity index is 636. The number of hydrogen-bond acceptors (Lipinski definition) is 5. The van der Waals surface area contributed by atoms with Crippen molar-refractivity contribution in [3.8, 4) is 0 Å². The van der Waals surface area contributed by atoms with Gasteiger partial charge in [-0.25, -0.2) is 8.42 Å². The highest BCUT2D eigenvalue weighted by molar-refractivity contribution is 7.91. The molecule has 0 spiro atoms. The predicted octanol–water partition coefficient (Wildman–Crippen LogP) is 1.14. The van der Waals surface area contributed by atoms with Gasteiger partial charge in [0.25, 0.3) is 10.0 Å². The second-order valence-electron chi connectivity index (χ2n) is 5.85. The van der Waals surface area contributed by atoms with Crippen molar-refractivity contribution < 1.29 is 13.2 Å². The molecule has 1 aromatic rings. The summed E-state index contributed by atoms with van der Waals surface area (Å²) in [4.78, 5) is 14.6. The number of halogens is 1. The minimum absolute atomic E-state index is 0. The number of hydrogen-bond donors (Lipinski definition) is 1. The number of carbonyl (C=O) groups excluding carboxylic acids is 1. The number of nitrogens with one attached hydrogen (secondary N) is 1. The smallest absolute Gasteiger partial charge is 0.253 e. The van der Waals surface area contributed by atoms with Gasteiger partial charge in [-0.3, -0.25) is 4.79 Å². The molecule has 23 heavy (non-hydrogen) atoms. The Labute approximate surface area is 147 Å². The fraction of sp³-hybridized carbons (Fsp3) is 0.643. The molecular formula is C14H22ClN3O3S2. The van der Waals surface area contributed by atoms with Crippen LogP contribution in [0.5, 0.6) is 0 Å². The average Bonchev–Trinajstić information content (AvgIpc) is 3.18. The summed E-state index contributed by atoms with van der Waals surface area (Å²) < 4.78 is 27.1. The summed E-state index contributed by atoms with van der Waals surface area (Å²) in [6.45, 7) is 4.51. The van der Waals surface area contributed by atoms with Gasteiger partial charge in [0.1, 0.15) is 10.3 Å². The quantitative estimate of drug-likeness (QED) is 0.855. The van der Waals surface area contributed by atoms with E-state index in [9.17, 15) is 13.2 Å². The second kappa shape index (κ2) is 7.48. The summed E-state index contributed by atoms with van der Waals surface area (Å²) in [5.74, 6) is -0.0500. The number of sulfonamides is 1. The van der Waals surface area contributed by atoms with Crippen molar-refractivity contribution in [2.24, 2.45) is 0 Å². The Kier molecular flexibility index (Phi) is 6.07. The Morgan fingerprint density at radius 1 is 1.39 bits per heavy atom. The van der Waals surface area contributed by atoms with Gasteiger partial charge in [0.05, 0.1) is 0 Å². The van der Waals surface area contributed by atoms with Crippen LogP contribution in [0, 0.1) is 0 Å². The molecule has 1 N–H and O–H groups in total. The lowest BCUT2D eigenvalue weighted by atomic mass is 10.1. The fourth-order valence-electron chi connectivity index (χ4n) is 3.14. The molecule has 2 fully saturated rings. The highest BCUT2D eigenvalue weighted by Gasteiger charge is 2.41. The zero-order valence-electron chi connectivity index (χ0n) is 13.0. The zero-order chi connectivity index (χ0) is 15.7. The van der Waals surface area contributed by atoms with Crippen LogP contribution < -0.4 is 5.32 Å². The molecule has 3 heterocycles. The van der Waals surface area contributed by atoms with Crippen LogP contribution in [-0.4, -0.2) is 61.8 Å². The molecule has 1 aromatic heterocycles. The standard InChI is InChI=1S/C14H21N3O3S2.ClH/c1-11-10-16(8-6-15-11)14(18)12-4-2-7-17(12)22(19,20)13-5-3-9-21-13;/h3,5,9,11-12,15H,2,4,6-8,10H2,1H3;1H. The van der Waals surface area contributed by atoms with Crippen LogP contribution in [0.3, 0.4) is 0 Å². The van der Waals surface area contributed by atoms with Crippen molar-refractivity contribution in [1.82, 2.24) is 14.5 Å². The molecular weight excluding hydrogens is 358 g/mol. The minimum Gasteiger partial charge on any atom is -0.338 e. The van der Waals surface area contributed by atoms with E-state index in [1.807, 2.05) is 6.92 Å². The SMILES string of the molecule is CC1CN(C(=O)C2CCCN2S(=O)(=O)c2cccs2)CCN1.Cl. The third-order valence-electron chi connectivity index (χ3n) is 4.23. The second-order valence-corrected chi connectivity index (χ2v) is 8.91. The fourth-order valence-corrected chi connectivity index (χ4v) is 5.91. The molecule has 2 atom stereocenters. The number of rotatable bonds is 3. The summed E-state index contributed by atoms with van der Waals surface area (Å²) in [6, 6.07) is 3.04. The number of carbonyl (C=O) groups is 1. The third-order valence-corrected chi connectivity index (χ3v) is 7.51. The lowest BCUT2D eigenvalue weighted by molar-refractivity contribution is -0.135. The van der Waals surface area contributed by atoms with Crippen molar-refractivity contribution in [2.45, 2.75) is 36.1 Å². The first-order valence-corrected chi connectivity index (χ1v) is 9.89. The summed E-state index contributed by atoms with van der Waals surface area (Å²) in [7, 11) is -3.55. The van der Waals surface area contributed by atoms with Crippen LogP contribution in [0.4, 0.5) is 0 Å². The van der Waals surface area contributed by atoms with Crippen molar-refractivity contribution in [3.05, 3.63) is 17.5 Å². The lowest BCUT2D eigenvalue weighted by Gasteiger charge is -2.35. The largest absolute Gasteiger partial charge is 0.338 e. The van der Waals surface area contributed by atoms with E-state index in [0.717, 1.165) is 13.0 Å². The lowest BCUT2D eigenvalue weighted by Crippen LogP contribution is -2.56. The van der Waals surface area contributed by atoms with Crippen LogP contribution in [0.25, 0.3) is 0 Å². The molecule has 0 saturated carbocycles. The predicted molar refractivity (Wildman–Crippen MR) is 92.5 cm³/mol. The maximum absolute atomic E-state index is 12.8. The van der Waals surface area contributed by atoms with Gasteiger partial charge in [0.2, 0.25) is 5.91 Å². The monoisotopic (exact) mass is 379 g/mol. The van der Waals surface area contributed by atoms with Crippen molar-refractivity contribution in [3.63, 3.8) is 0 Å². The molecule has 0 aliphatic carbocycles. The van der Waals surface area contributed by atoms with Crippen LogP contribution in [-0.2, 0) is 14.8 Å². The number of nitrogens with zero attached hydrogens (tertiary/aromatic N) is 2. The van der Waals surface area contributed by atoms with Gasteiger partial charge in [0, 0.05) is 32.2 Å². The van der Waals surface area contributed by atoms with Crippen molar-refractivity contribution in [2.75, 3.05) is 26.2 Å². The van der Waals surface area contributed by atoms with Crippen LogP contribution in [0.2, 0.25) is 0 Å². The van der Waals surface area contributed by atoms with E-state index in [-0.39, 0.29) is 24.4 Å². The van der Waals surface area contributed by atoms with E-state index in [4.69, 9.17) is 0 Å². The number of piperazine rings is 1. The van der Waals surface area contributed by atoms with E-state index in [2.05, 4.69) is 5.32 Å². The van der Waals surface area contributed by atoms with Crippen molar-refractivity contribution >= 4 is 39.7 Å². The summed E-state index contributed by atoms with van der Waals surface area (Å²) in [5.41, 5.74) is 0. The van der Waals surface area contributed by atoms with Crippen LogP contribution >= 0.6 is 23.7 Å².